The number of hydrogen-bond donors (Lipinski definition) is 2. The molecular weight excluding hydrogens is 212 g/mol. The molecule has 0 saturated carbocycles. The molecule has 0 aliphatic heterocycles. The molecule has 0 aliphatic rings. The second-order valence-corrected chi connectivity index (χ2v) is 4.14. The Bertz CT molecular complexity index is 350. The van der Waals surface area contributed by atoms with Crippen molar-refractivity contribution in [2.45, 2.75) is 32.6 Å². The molecule has 1 aromatic carbocycles. The minimum atomic E-state index is 0.117. The van der Waals surface area contributed by atoms with Crippen LogP contribution in [0.5, 0.6) is 0 Å². The quantitative estimate of drug-likeness (QED) is 0.537. The Labute approximate surface area is 103 Å². The van der Waals surface area contributed by atoms with Crippen LogP contribution in [0, 0.1) is 0 Å². The molecule has 0 aliphatic carbocycles. The molecule has 0 fully saturated rings. The van der Waals surface area contributed by atoms with E-state index in [1.54, 1.807) is 0 Å². The zero-order valence-corrected chi connectivity index (χ0v) is 10.5. The van der Waals surface area contributed by atoms with E-state index < -0.39 is 0 Å². The molecule has 3 N–H and O–H groups in total. The summed E-state index contributed by atoms with van der Waals surface area (Å²) in [6, 6.07) is 7.65. The van der Waals surface area contributed by atoms with Gasteiger partial charge in [-0.2, -0.15) is 0 Å². The van der Waals surface area contributed by atoms with Gasteiger partial charge >= 0.3 is 0 Å². The molecule has 0 aromatic heterocycles. The van der Waals surface area contributed by atoms with Crippen molar-refractivity contribution in [2.75, 3.05) is 18.4 Å². The smallest absolute Gasteiger partial charge is 0.166 e. The van der Waals surface area contributed by atoms with Gasteiger partial charge in [0.1, 0.15) is 0 Å². The molecule has 0 amide bonds. The molecule has 3 nitrogen and oxygen atoms in total. The molecule has 17 heavy (non-hydrogen) atoms. The van der Waals surface area contributed by atoms with Crippen molar-refractivity contribution in [3.8, 4) is 0 Å². The number of Topliss-reactive ketones (excluding diaryl/α,β-unsaturated/α-hetero) is 1. The molecule has 1 aromatic rings. The molecule has 0 bridgehead atoms. The third-order valence-corrected chi connectivity index (χ3v) is 2.69. The molecule has 1 rings (SSSR count). The van der Waals surface area contributed by atoms with Crippen molar-refractivity contribution >= 4 is 11.5 Å². The van der Waals surface area contributed by atoms with Gasteiger partial charge in [-0.15, -0.1) is 0 Å². The number of anilines is 1. The van der Waals surface area contributed by atoms with Crippen molar-refractivity contribution in [3.05, 3.63) is 29.8 Å². The first-order valence-corrected chi connectivity index (χ1v) is 6.35. The van der Waals surface area contributed by atoms with E-state index in [1.165, 1.54) is 12.8 Å². The first-order chi connectivity index (χ1) is 8.29. The average Bonchev–Trinajstić information content (AvgIpc) is 2.35. The van der Waals surface area contributed by atoms with Gasteiger partial charge < -0.3 is 11.1 Å². The van der Waals surface area contributed by atoms with Crippen LogP contribution in [0.3, 0.4) is 0 Å². The summed E-state index contributed by atoms with van der Waals surface area (Å²) < 4.78 is 0. The molecule has 0 heterocycles. The highest BCUT2D eigenvalue weighted by Gasteiger charge is 2.09. The lowest BCUT2D eigenvalue weighted by molar-refractivity contribution is 0.0986. The van der Waals surface area contributed by atoms with Crippen molar-refractivity contribution in [1.82, 2.24) is 0 Å². The van der Waals surface area contributed by atoms with Gasteiger partial charge in [0.15, 0.2) is 5.78 Å². The van der Waals surface area contributed by atoms with Crippen LogP contribution in [-0.4, -0.2) is 18.9 Å². The van der Waals surface area contributed by atoms with Gasteiger partial charge in [-0.1, -0.05) is 31.9 Å². The number of nitrogens with two attached hydrogens (primary N) is 1. The van der Waals surface area contributed by atoms with Gasteiger partial charge in [-0.05, 0) is 25.1 Å². The Kier molecular flexibility index (Phi) is 6.33. The van der Waals surface area contributed by atoms with Crippen molar-refractivity contribution in [2.24, 2.45) is 5.73 Å². The maximum Gasteiger partial charge on any atom is 0.166 e. The van der Waals surface area contributed by atoms with Gasteiger partial charge in [0, 0.05) is 24.2 Å². The van der Waals surface area contributed by atoms with E-state index >= 15 is 0 Å². The van der Waals surface area contributed by atoms with Crippen LogP contribution < -0.4 is 11.1 Å². The first kappa shape index (κ1) is 13.7. The summed E-state index contributed by atoms with van der Waals surface area (Å²) in [4.78, 5) is 11.8. The van der Waals surface area contributed by atoms with Crippen molar-refractivity contribution in [1.29, 1.82) is 0 Å². The van der Waals surface area contributed by atoms with E-state index in [2.05, 4.69) is 12.2 Å². The number of carbonyl (C=O) groups is 1. The predicted molar refractivity (Wildman–Crippen MR) is 72.5 cm³/mol. The number of carbonyl (C=O) groups excluding carboxylic acids is 1. The highest BCUT2D eigenvalue weighted by atomic mass is 16.1. The molecule has 0 saturated heterocycles. The number of hydrogen-bond acceptors (Lipinski definition) is 3. The fourth-order valence-corrected chi connectivity index (χ4v) is 1.74. The minimum absolute atomic E-state index is 0.117. The third kappa shape index (κ3) is 4.57. The summed E-state index contributed by atoms with van der Waals surface area (Å²) in [5.41, 5.74) is 7.11. The van der Waals surface area contributed by atoms with Gasteiger partial charge in [0.25, 0.3) is 0 Å². The van der Waals surface area contributed by atoms with Crippen LogP contribution in [0.15, 0.2) is 24.3 Å². The highest BCUT2D eigenvalue weighted by molar-refractivity contribution is 6.01. The van der Waals surface area contributed by atoms with E-state index in [1.807, 2.05) is 24.3 Å². The number of ketones is 1. The molecule has 0 atom stereocenters. The zero-order chi connectivity index (χ0) is 12.5. The number of nitrogens with one attached hydrogen (secondary N) is 1. The summed E-state index contributed by atoms with van der Waals surface area (Å²) in [5.74, 6) is 0.117. The topological polar surface area (TPSA) is 55.1 Å². The fourth-order valence-electron chi connectivity index (χ4n) is 1.74. The molecule has 0 spiro atoms. The fraction of sp³-hybridized carbons (Fsp3) is 0.500. The van der Waals surface area contributed by atoms with Crippen LogP contribution >= 0.6 is 0 Å². The maximum absolute atomic E-state index is 11.8. The highest BCUT2D eigenvalue weighted by Crippen LogP contribution is 2.16. The Morgan fingerprint density at radius 1 is 1.29 bits per heavy atom. The largest absolute Gasteiger partial charge is 0.384 e. The lowest BCUT2D eigenvalue weighted by Crippen LogP contribution is -2.11. The van der Waals surface area contributed by atoms with E-state index in [-0.39, 0.29) is 5.78 Å². The first-order valence-electron chi connectivity index (χ1n) is 6.35. The molecule has 0 unspecified atom stereocenters. The Hall–Kier alpha value is -1.35. The molecule has 94 valence electrons. The van der Waals surface area contributed by atoms with E-state index in [4.69, 9.17) is 5.73 Å². The Morgan fingerprint density at radius 2 is 2.06 bits per heavy atom. The minimum Gasteiger partial charge on any atom is -0.384 e. The average molecular weight is 234 g/mol. The van der Waals surface area contributed by atoms with Crippen LogP contribution in [0.4, 0.5) is 5.69 Å². The lowest BCUT2D eigenvalue weighted by Gasteiger charge is -2.10. The zero-order valence-electron chi connectivity index (χ0n) is 10.5. The normalized spacial score (nSPS) is 10.2. The number of para-hydroxylation sites is 1. The monoisotopic (exact) mass is 234 g/mol. The van der Waals surface area contributed by atoms with Gasteiger partial charge in [0.05, 0.1) is 0 Å². The SMILES string of the molecule is CCCCCNc1ccccc1C(=O)CCN. The van der Waals surface area contributed by atoms with Gasteiger partial charge in [-0.3, -0.25) is 4.79 Å². The standard InChI is InChI=1S/C14H22N2O/c1-2-3-6-11-16-13-8-5-4-7-12(13)14(17)9-10-15/h4-5,7-8,16H,2-3,6,9-11,15H2,1H3. The number of benzene rings is 1. The van der Waals surface area contributed by atoms with Crippen LogP contribution in [-0.2, 0) is 0 Å². The number of unbranched alkanes of at least 4 members (excludes halogenated alkanes) is 2. The second kappa shape index (κ2) is 7.85. The lowest BCUT2D eigenvalue weighted by atomic mass is 10.1. The number of rotatable bonds is 8. The van der Waals surface area contributed by atoms with E-state index in [0.29, 0.717) is 13.0 Å². The third-order valence-electron chi connectivity index (χ3n) is 2.69. The summed E-state index contributed by atoms with van der Waals surface area (Å²) in [7, 11) is 0. The Balaban J connectivity index is 2.61. The van der Waals surface area contributed by atoms with Crippen LogP contribution in [0.1, 0.15) is 43.0 Å². The molecule has 3 heteroatoms. The molecular formula is C14H22N2O. The van der Waals surface area contributed by atoms with Crippen LogP contribution in [0.25, 0.3) is 0 Å². The van der Waals surface area contributed by atoms with E-state index in [9.17, 15) is 4.79 Å². The summed E-state index contributed by atoms with van der Waals surface area (Å²) in [5, 5.41) is 3.33. The van der Waals surface area contributed by atoms with Gasteiger partial charge in [-0.25, -0.2) is 0 Å². The van der Waals surface area contributed by atoms with Crippen molar-refractivity contribution in [3.63, 3.8) is 0 Å². The van der Waals surface area contributed by atoms with E-state index in [0.717, 1.165) is 24.2 Å². The van der Waals surface area contributed by atoms with Crippen LogP contribution in [0.2, 0.25) is 0 Å². The summed E-state index contributed by atoms with van der Waals surface area (Å²) in [6.45, 7) is 3.50. The Morgan fingerprint density at radius 3 is 2.76 bits per heavy atom. The maximum atomic E-state index is 11.8. The summed E-state index contributed by atoms with van der Waals surface area (Å²) in [6.07, 6.45) is 3.96. The summed E-state index contributed by atoms with van der Waals surface area (Å²) >= 11 is 0. The van der Waals surface area contributed by atoms with Crippen molar-refractivity contribution < 1.29 is 4.79 Å². The second-order valence-electron chi connectivity index (χ2n) is 4.14. The predicted octanol–water partition coefficient (Wildman–Crippen LogP) is 2.82. The van der Waals surface area contributed by atoms with Gasteiger partial charge in [0.2, 0.25) is 0 Å². The molecule has 0 radical (unpaired) electrons.